The van der Waals surface area contributed by atoms with E-state index in [9.17, 15) is 0 Å². The van der Waals surface area contributed by atoms with Crippen LogP contribution < -0.4 is 5.73 Å². The van der Waals surface area contributed by atoms with Crippen molar-refractivity contribution in [3.8, 4) is 0 Å². The molecule has 2 heteroatoms. The number of hydrogen-bond donors (Lipinski definition) is 1. The summed E-state index contributed by atoms with van der Waals surface area (Å²) in [6, 6.07) is 8.94. The molecule has 1 fully saturated rings. The Balaban J connectivity index is 2.07. The van der Waals surface area contributed by atoms with E-state index < -0.39 is 0 Å². The van der Waals surface area contributed by atoms with Crippen LogP contribution in [-0.2, 0) is 0 Å². The molecular weight excluding hydrogens is 262 g/mol. The number of nitrogens with two attached hydrogens (primary N) is 1. The van der Waals surface area contributed by atoms with Crippen LogP contribution >= 0.6 is 11.8 Å². The lowest BCUT2D eigenvalue weighted by Crippen LogP contribution is -2.36. The first-order valence-electron chi connectivity index (χ1n) is 7.83. The van der Waals surface area contributed by atoms with Crippen molar-refractivity contribution in [1.29, 1.82) is 0 Å². The fraction of sp³-hybridized carbons (Fsp3) is 0.667. The summed E-state index contributed by atoms with van der Waals surface area (Å²) < 4.78 is 0. The Bertz CT molecular complexity index is 418. The van der Waals surface area contributed by atoms with Crippen LogP contribution in [0.2, 0.25) is 0 Å². The number of hydrogen-bond acceptors (Lipinski definition) is 2. The predicted molar refractivity (Wildman–Crippen MR) is 90.2 cm³/mol. The molecule has 20 heavy (non-hydrogen) atoms. The molecule has 3 unspecified atom stereocenters. The molecule has 1 aliphatic carbocycles. The second-order valence-corrected chi connectivity index (χ2v) is 8.65. The third-order valence-corrected chi connectivity index (χ3v) is 6.19. The monoisotopic (exact) mass is 291 g/mol. The van der Waals surface area contributed by atoms with E-state index in [0.29, 0.717) is 16.6 Å². The summed E-state index contributed by atoms with van der Waals surface area (Å²) >= 11 is 2.05. The molecule has 0 aliphatic heterocycles. The fourth-order valence-electron chi connectivity index (χ4n) is 3.18. The zero-order valence-corrected chi connectivity index (χ0v) is 14.2. The summed E-state index contributed by atoms with van der Waals surface area (Å²) in [6.45, 7) is 10.1. The molecule has 0 radical (unpaired) electrons. The Kier molecular flexibility index (Phi) is 5.19. The van der Waals surface area contributed by atoms with E-state index in [1.54, 1.807) is 0 Å². The minimum atomic E-state index is 0.422. The molecule has 1 nitrogen and oxygen atoms in total. The lowest BCUT2D eigenvalue weighted by atomic mass is 9.69. The highest BCUT2D eigenvalue weighted by Gasteiger charge is 2.35. The molecule has 0 aromatic heterocycles. The van der Waals surface area contributed by atoms with Crippen molar-refractivity contribution in [2.24, 2.45) is 23.0 Å². The predicted octanol–water partition coefficient (Wildman–Crippen LogP) is 4.88. The molecular formula is C18H29NS. The molecule has 1 aromatic carbocycles. The van der Waals surface area contributed by atoms with E-state index in [0.717, 1.165) is 12.5 Å². The molecule has 1 saturated carbocycles. The van der Waals surface area contributed by atoms with Gasteiger partial charge in [0.1, 0.15) is 0 Å². The van der Waals surface area contributed by atoms with Crippen LogP contribution in [0.3, 0.4) is 0 Å². The van der Waals surface area contributed by atoms with Gasteiger partial charge in [0.15, 0.2) is 0 Å². The van der Waals surface area contributed by atoms with Gasteiger partial charge in [0, 0.05) is 10.1 Å². The van der Waals surface area contributed by atoms with Crippen molar-refractivity contribution >= 4 is 11.8 Å². The van der Waals surface area contributed by atoms with Gasteiger partial charge in [-0.2, -0.15) is 0 Å². The van der Waals surface area contributed by atoms with Crippen molar-refractivity contribution in [2.75, 3.05) is 6.54 Å². The summed E-state index contributed by atoms with van der Waals surface area (Å²) in [4.78, 5) is 1.40. The molecule has 0 heterocycles. The van der Waals surface area contributed by atoms with E-state index in [2.05, 4.69) is 52.0 Å². The molecule has 0 amide bonds. The van der Waals surface area contributed by atoms with Gasteiger partial charge in [-0.1, -0.05) is 38.5 Å². The average Bonchev–Trinajstić information content (AvgIpc) is 2.40. The van der Waals surface area contributed by atoms with E-state index in [4.69, 9.17) is 5.73 Å². The van der Waals surface area contributed by atoms with Crippen molar-refractivity contribution in [1.82, 2.24) is 0 Å². The van der Waals surface area contributed by atoms with Crippen molar-refractivity contribution < 1.29 is 0 Å². The van der Waals surface area contributed by atoms with Crippen LogP contribution in [0.25, 0.3) is 0 Å². The molecule has 2 rings (SSSR count). The Morgan fingerprint density at radius 1 is 1.15 bits per heavy atom. The van der Waals surface area contributed by atoms with Crippen molar-refractivity contribution in [3.63, 3.8) is 0 Å². The number of benzene rings is 1. The smallest absolute Gasteiger partial charge is 0.0137 e. The molecule has 112 valence electrons. The molecule has 0 spiro atoms. The van der Waals surface area contributed by atoms with Crippen LogP contribution in [0.1, 0.15) is 45.6 Å². The summed E-state index contributed by atoms with van der Waals surface area (Å²) in [5.41, 5.74) is 7.77. The third kappa shape index (κ3) is 4.02. The van der Waals surface area contributed by atoms with Crippen LogP contribution in [0, 0.1) is 24.2 Å². The number of aryl methyl sites for hydroxylation is 1. The van der Waals surface area contributed by atoms with Crippen LogP contribution in [0.4, 0.5) is 0 Å². The van der Waals surface area contributed by atoms with E-state index in [1.165, 1.54) is 29.7 Å². The Morgan fingerprint density at radius 2 is 1.80 bits per heavy atom. The van der Waals surface area contributed by atoms with Gasteiger partial charge < -0.3 is 5.73 Å². The zero-order valence-electron chi connectivity index (χ0n) is 13.4. The standard InChI is InChI=1S/C18H29NS/c1-13-5-9-16(10-6-13)20-17-11-15(18(2,3)4)8-7-14(17)12-19/h5-6,9-10,14-15,17H,7-8,11-12,19H2,1-4H3. The lowest BCUT2D eigenvalue weighted by Gasteiger charge is -2.41. The number of rotatable bonds is 3. The van der Waals surface area contributed by atoms with Gasteiger partial charge in [0.05, 0.1) is 0 Å². The second-order valence-electron chi connectivity index (χ2n) is 7.34. The van der Waals surface area contributed by atoms with Crippen molar-refractivity contribution in [2.45, 2.75) is 57.1 Å². The largest absolute Gasteiger partial charge is 0.330 e. The summed E-state index contributed by atoms with van der Waals surface area (Å²) in [5.74, 6) is 1.51. The Labute approximate surface area is 128 Å². The summed E-state index contributed by atoms with van der Waals surface area (Å²) in [6.07, 6.45) is 3.95. The van der Waals surface area contributed by atoms with E-state index in [-0.39, 0.29) is 0 Å². The Morgan fingerprint density at radius 3 is 2.35 bits per heavy atom. The van der Waals surface area contributed by atoms with Gasteiger partial charge >= 0.3 is 0 Å². The minimum Gasteiger partial charge on any atom is -0.330 e. The maximum Gasteiger partial charge on any atom is 0.0137 e. The molecule has 2 N–H and O–H groups in total. The normalized spacial score (nSPS) is 27.6. The maximum absolute atomic E-state index is 6.01. The first-order valence-corrected chi connectivity index (χ1v) is 8.71. The highest BCUT2D eigenvalue weighted by atomic mass is 32.2. The molecule has 0 bridgehead atoms. The summed E-state index contributed by atoms with van der Waals surface area (Å²) in [5, 5.41) is 0.681. The highest BCUT2D eigenvalue weighted by molar-refractivity contribution is 8.00. The SMILES string of the molecule is Cc1ccc(SC2CC(C(C)(C)C)CCC2CN)cc1. The first-order chi connectivity index (χ1) is 9.40. The van der Waals surface area contributed by atoms with Gasteiger partial charge in [-0.05, 0) is 62.1 Å². The third-order valence-electron chi connectivity index (χ3n) is 4.76. The van der Waals surface area contributed by atoms with Crippen LogP contribution in [-0.4, -0.2) is 11.8 Å². The number of thioether (sulfide) groups is 1. The molecule has 0 saturated heterocycles. The van der Waals surface area contributed by atoms with Gasteiger partial charge in [-0.25, -0.2) is 0 Å². The first kappa shape index (κ1) is 15.9. The quantitative estimate of drug-likeness (QED) is 0.859. The van der Waals surface area contributed by atoms with E-state index in [1.807, 2.05) is 11.8 Å². The molecule has 1 aromatic rings. The van der Waals surface area contributed by atoms with Crippen molar-refractivity contribution in [3.05, 3.63) is 29.8 Å². The van der Waals surface area contributed by atoms with Gasteiger partial charge in [0.25, 0.3) is 0 Å². The molecule has 3 atom stereocenters. The fourth-order valence-corrected chi connectivity index (χ4v) is 4.60. The topological polar surface area (TPSA) is 26.0 Å². The van der Waals surface area contributed by atoms with Gasteiger partial charge in [-0.3, -0.25) is 0 Å². The van der Waals surface area contributed by atoms with Gasteiger partial charge in [0.2, 0.25) is 0 Å². The van der Waals surface area contributed by atoms with Crippen LogP contribution in [0.5, 0.6) is 0 Å². The minimum absolute atomic E-state index is 0.422. The van der Waals surface area contributed by atoms with Crippen LogP contribution in [0.15, 0.2) is 29.2 Å². The Hall–Kier alpha value is -0.470. The summed E-state index contributed by atoms with van der Waals surface area (Å²) in [7, 11) is 0. The zero-order chi connectivity index (χ0) is 14.8. The van der Waals surface area contributed by atoms with Gasteiger partial charge in [-0.15, -0.1) is 11.8 Å². The second kappa shape index (κ2) is 6.53. The highest BCUT2D eigenvalue weighted by Crippen LogP contribution is 2.45. The maximum atomic E-state index is 6.01. The van der Waals surface area contributed by atoms with E-state index >= 15 is 0 Å². The average molecular weight is 292 g/mol. The lowest BCUT2D eigenvalue weighted by molar-refractivity contribution is 0.157. The molecule has 1 aliphatic rings.